The second-order valence-electron chi connectivity index (χ2n) is 19.4. The van der Waals surface area contributed by atoms with E-state index in [0.29, 0.717) is 60.2 Å². The van der Waals surface area contributed by atoms with Crippen LogP contribution in [0.15, 0.2) is 133 Å². The maximum atomic E-state index is 12.5. The quantitative estimate of drug-likeness (QED) is 0.0935. The number of aliphatic hydroxyl groups is 1. The average Bonchev–Trinajstić information content (AvgIpc) is 4.40. The van der Waals surface area contributed by atoms with E-state index >= 15 is 0 Å². The van der Waals surface area contributed by atoms with Gasteiger partial charge in [0, 0.05) is 5.92 Å². The number of carboxylic acid groups (broad SMARTS) is 1. The van der Waals surface area contributed by atoms with Gasteiger partial charge >= 0.3 is 81.2 Å². The van der Waals surface area contributed by atoms with Gasteiger partial charge in [-0.25, -0.2) is 24.0 Å². The van der Waals surface area contributed by atoms with E-state index in [-0.39, 0.29) is 113 Å². The summed E-state index contributed by atoms with van der Waals surface area (Å²) in [6, 6.07) is 37.5. The molecule has 0 amide bonds. The number of methoxy groups -OCH3 is 3. The van der Waals surface area contributed by atoms with Crippen LogP contribution in [0.1, 0.15) is 80.2 Å². The number of aliphatic hydroxyl groups excluding tert-OH is 1. The van der Waals surface area contributed by atoms with E-state index < -0.39 is 66.3 Å². The zero-order valence-electron chi connectivity index (χ0n) is 45.9. The van der Waals surface area contributed by atoms with Gasteiger partial charge in [-0.3, -0.25) is 0 Å². The molecule has 0 aromatic heterocycles. The smallest absolute Gasteiger partial charge is 0.545 e. The molecule has 21 nitrogen and oxygen atoms in total. The Morgan fingerprint density at radius 1 is 0.415 bits per heavy atom. The number of hydrogen-bond donors (Lipinski definition) is 1. The zero-order valence-corrected chi connectivity index (χ0v) is 49.0. The summed E-state index contributed by atoms with van der Waals surface area (Å²) in [6.45, 7) is 5.75. The molecule has 0 radical (unpaired) electrons. The molecule has 6 unspecified atom stereocenters. The van der Waals surface area contributed by atoms with Crippen molar-refractivity contribution in [3.8, 4) is 0 Å². The number of aromatic carboxylic acids is 1. The standard InChI is InChI=1S/C22H22O7.C15H16O7.C14H18O3.C9H8O4.K/c1-25-21(23)15-7-9-16(10-8-15)22(24)29-18-13-28-19-17(12-27-20(18)19)26-11-14-5-3-2-4-6-14;1-19-14(17)8-2-4-9(5-3-8)15(18)22-11-7-21-12-10(16)6-20-13(11)12;1-10-7-16-14-12(9-17-13(10)14)15-8-11-5-3-2-4-6-11;1-13-9(12)7-4-2-6(3-5-7)8(10)11;/h2-10,17-20H,11-13H2,1H3;2-5,10-13,16H,6-7H2,1H3;2-6,10,12-14H,7-9H2,1H3;2-5H,1H3,(H,10,11);/q;;;;+1/p-1/t17-,18-,19?,20?;10-,11-,12?,13?;10-,12+,13?,14?;;/m001../s1. The second-order valence-corrected chi connectivity index (χ2v) is 19.4. The van der Waals surface area contributed by atoms with Crippen LogP contribution in [0.25, 0.3) is 0 Å². The molecule has 430 valence electrons. The fourth-order valence-electron chi connectivity index (χ4n) is 9.56. The summed E-state index contributed by atoms with van der Waals surface area (Å²) >= 11 is 0. The summed E-state index contributed by atoms with van der Waals surface area (Å²) in [7, 11) is 3.85. The van der Waals surface area contributed by atoms with Crippen molar-refractivity contribution in [2.75, 3.05) is 61.0 Å². The van der Waals surface area contributed by atoms with Gasteiger partial charge in [0.2, 0.25) is 0 Å². The molecule has 0 saturated carbocycles. The monoisotopic (exact) mass is 1160 g/mol. The minimum Gasteiger partial charge on any atom is -0.545 e. The minimum atomic E-state index is -1.27. The summed E-state index contributed by atoms with van der Waals surface area (Å²) in [5, 5.41) is 20.0. The van der Waals surface area contributed by atoms with Crippen molar-refractivity contribution < 1.29 is 152 Å². The fourth-order valence-corrected chi connectivity index (χ4v) is 9.56. The first-order valence-electron chi connectivity index (χ1n) is 26.1. The number of esters is 5. The molecule has 6 fully saturated rings. The SMILES string of the molecule is COC(=O)c1ccc(C(=O)O[C@H]2COC3C2OC[C@@H]3O)cc1.COC(=O)c1ccc(C(=O)O[C@H]2COC3C2OC[C@@H]3OCc2ccccc2)cc1.COC(=O)c1ccc(C(=O)[O-])cc1.C[C@@H]1COC2C1OC[C@@H]2OCc1ccccc1.[K+]. The van der Waals surface area contributed by atoms with E-state index in [1.807, 2.05) is 48.5 Å². The van der Waals surface area contributed by atoms with Gasteiger partial charge in [-0.05, 0) is 77.4 Å². The first-order chi connectivity index (χ1) is 39.2. The van der Waals surface area contributed by atoms with Crippen LogP contribution >= 0.6 is 0 Å². The molecule has 6 heterocycles. The van der Waals surface area contributed by atoms with Crippen LogP contribution in [-0.2, 0) is 74.8 Å². The zero-order chi connectivity index (χ0) is 57.4. The van der Waals surface area contributed by atoms with Crippen molar-refractivity contribution >= 4 is 35.8 Å². The van der Waals surface area contributed by atoms with Gasteiger partial charge in [-0.1, -0.05) is 79.7 Å². The van der Waals surface area contributed by atoms with Gasteiger partial charge < -0.3 is 76.6 Å². The fraction of sp³-hybridized carbons (Fsp3) is 0.400. The van der Waals surface area contributed by atoms with Gasteiger partial charge in [0.1, 0.15) is 48.8 Å². The Balaban J connectivity index is 0.000000163. The van der Waals surface area contributed by atoms with Gasteiger partial charge in [-0.15, -0.1) is 0 Å². The molecule has 6 aliphatic rings. The van der Waals surface area contributed by atoms with Crippen molar-refractivity contribution in [1.29, 1.82) is 0 Å². The summed E-state index contributed by atoms with van der Waals surface area (Å²) in [6.07, 6.45) is -2.99. The Bertz CT molecular complexity index is 2870. The normalized spacial score (nSPS) is 26.0. The molecule has 22 heteroatoms. The molecular formula is C60H63KO21. The molecule has 6 saturated heterocycles. The van der Waals surface area contributed by atoms with E-state index in [1.165, 1.54) is 99.7 Å². The number of carbonyl (C=O) groups is 6. The molecule has 6 aliphatic heterocycles. The summed E-state index contributed by atoms with van der Waals surface area (Å²) in [5.74, 6) is -3.23. The van der Waals surface area contributed by atoms with E-state index in [0.717, 1.165) is 12.2 Å². The molecule has 12 atom stereocenters. The molecule has 0 spiro atoms. The van der Waals surface area contributed by atoms with Gasteiger partial charge in [0.15, 0.2) is 12.2 Å². The van der Waals surface area contributed by atoms with Crippen molar-refractivity contribution in [3.63, 3.8) is 0 Å². The van der Waals surface area contributed by atoms with Crippen LogP contribution in [0.2, 0.25) is 0 Å². The number of rotatable bonds is 14. The predicted octanol–water partition coefficient (Wildman–Crippen LogP) is 1.38. The number of carbonyl (C=O) groups excluding carboxylic acids is 6. The first-order valence-corrected chi connectivity index (χ1v) is 26.1. The van der Waals surface area contributed by atoms with Crippen LogP contribution in [0.3, 0.4) is 0 Å². The van der Waals surface area contributed by atoms with E-state index in [2.05, 4.69) is 33.3 Å². The number of carboxylic acids is 1. The number of ether oxygens (including phenoxy) is 13. The van der Waals surface area contributed by atoms with Gasteiger partial charge in [0.05, 0.1) is 114 Å². The number of fused-ring (bicyclic) bond motifs is 3. The summed E-state index contributed by atoms with van der Waals surface area (Å²) < 4.78 is 70.4. The summed E-state index contributed by atoms with van der Waals surface area (Å²) in [4.78, 5) is 68.6. The molecular weight excluding hydrogens is 1100 g/mol. The Kier molecular flexibility index (Phi) is 24.3. The van der Waals surface area contributed by atoms with E-state index in [4.69, 9.17) is 47.4 Å². The first kappa shape index (κ1) is 63.8. The summed E-state index contributed by atoms with van der Waals surface area (Å²) in [5.41, 5.74) is 4.00. The Morgan fingerprint density at radius 3 is 1.12 bits per heavy atom. The molecule has 5 aromatic carbocycles. The number of benzene rings is 5. The molecule has 0 bridgehead atoms. The minimum absolute atomic E-state index is 0. The second kappa shape index (κ2) is 31.2. The maximum absolute atomic E-state index is 12.5. The maximum Gasteiger partial charge on any atom is 1.00 e. The largest absolute Gasteiger partial charge is 1.00 e. The van der Waals surface area contributed by atoms with Gasteiger partial charge in [0.25, 0.3) is 0 Å². The van der Waals surface area contributed by atoms with Crippen molar-refractivity contribution in [2.45, 2.75) is 87.3 Å². The Hall–Kier alpha value is -5.80. The number of hydrogen-bond acceptors (Lipinski definition) is 21. The average molecular weight is 1160 g/mol. The van der Waals surface area contributed by atoms with Crippen LogP contribution in [-0.4, -0.2) is 169 Å². The van der Waals surface area contributed by atoms with Crippen molar-refractivity contribution in [1.82, 2.24) is 0 Å². The third-order valence-electron chi connectivity index (χ3n) is 14.0. The molecule has 1 N–H and O–H groups in total. The van der Waals surface area contributed by atoms with Crippen LogP contribution in [0, 0.1) is 5.92 Å². The van der Waals surface area contributed by atoms with Crippen molar-refractivity contribution in [3.05, 3.63) is 178 Å². The third kappa shape index (κ3) is 16.7. The third-order valence-corrected chi connectivity index (χ3v) is 14.0. The van der Waals surface area contributed by atoms with E-state index in [9.17, 15) is 39.0 Å². The van der Waals surface area contributed by atoms with Crippen LogP contribution in [0.5, 0.6) is 0 Å². The van der Waals surface area contributed by atoms with Crippen LogP contribution < -0.4 is 56.5 Å². The van der Waals surface area contributed by atoms with Crippen molar-refractivity contribution in [2.24, 2.45) is 5.92 Å². The van der Waals surface area contributed by atoms with Crippen LogP contribution in [0.4, 0.5) is 0 Å². The molecule has 11 rings (SSSR count). The Labute approximate surface area is 516 Å². The molecule has 0 aliphatic carbocycles. The molecule has 82 heavy (non-hydrogen) atoms. The predicted molar refractivity (Wildman–Crippen MR) is 280 cm³/mol. The van der Waals surface area contributed by atoms with Gasteiger partial charge in [-0.2, -0.15) is 0 Å². The Morgan fingerprint density at radius 2 is 0.720 bits per heavy atom. The van der Waals surface area contributed by atoms with E-state index in [1.54, 1.807) is 0 Å². The topological polar surface area (TPSA) is 266 Å². The molecule has 5 aromatic rings.